The first-order valence-electron chi connectivity index (χ1n) is 9.05. The average Bonchev–Trinajstić information content (AvgIpc) is 2.55. The lowest BCUT2D eigenvalue weighted by molar-refractivity contribution is -0.166. The number of benzene rings is 1. The molecule has 1 fully saturated rings. The zero-order valence-electron chi connectivity index (χ0n) is 15.5. The average molecular weight is 401 g/mol. The minimum absolute atomic E-state index is 0.0155. The summed E-state index contributed by atoms with van der Waals surface area (Å²) in [4.78, 5) is 24.1. The van der Waals surface area contributed by atoms with Crippen LogP contribution in [0.1, 0.15) is 45.6 Å². The van der Waals surface area contributed by atoms with E-state index >= 15 is 0 Å². The summed E-state index contributed by atoms with van der Waals surface area (Å²) < 4.78 is 10.7. The summed E-state index contributed by atoms with van der Waals surface area (Å²) in [5.74, 6) is 0.333. The zero-order chi connectivity index (χ0) is 19.3. The fraction of sp³-hybridized carbons (Fsp3) is 0.600. The number of rotatable bonds is 6. The first-order chi connectivity index (χ1) is 12.3. The van der Waals surface area contributed by atoms with Gasteiger partial charge in [0.25, 0.3) is 0 Å². The third-order valence-electron chi connectivity index (χ3n) is 4.95. The van der Waals surface area contributed by atoms with Crippen LogP contribution < -0.4 is 0 Å². The molecule has 0 radical (unpaired) electrons. The van der Waals surface area contributed by atoms with Gasteiger partial charge in [0.05, 0.1) is 6.42 Å². The van der Waals surface area contributed by atoms with E-state index in [1.807, 2.05) is 0 Å². The van der Waals surface area contributed by atoms with Gasteiger partial charge >= 0.3 is 11.9 Å². The Kier molecular flexibility index (Phi) is 7.78. The molecule has 1 saturated carbocycles. The molecule has 1 aliphatic rings. The second-order valence-corrected chi connectivity index (χ2v) is 8.27. The summed E-state index contributed by atoms with van der Waals surface area (Å²) in [5, 5.41) is 0.894. The first-order valence-corrected chi connectivity index (χ1v) is 9.81. The van der Waals surface area contributed by atoms with Gasteiger partial charge in [-0.2, -0.15) is 0 Å². The molecule has 0 heterocycles. The van der Waals surface area contributed by atoms with Crippen LogP contribution in [-0.2, 0) is 25.5 Å². The van der Waals surface area contributed by atoms with E-state index < -0.39 is 11.9 Å². The van der Waals surface area contributed by atoms with Crippen molar-refractivity contribution in [2.75, 3.05) is 6.61 Å². The number of hydrogen-bond donors (Lipinski definition) is 0. The summed E-state index contributed by atoms with van der Waals surface area (Å²) in [6.45, 7) is 6.10. The molecular weight excluding hydrogens is 375 g/mol. The van der Waals surface area contributed by atoms with Gasteiger partial charge in [0, 0.05) is 10.0 Å². The van der Waals surface area contributed by atoms with Gasteiger partial charge in [-0.25, -0.2) is 4.79 Å². The van der Waals surface area contributed by atoms with Crippen molar-refractivity contribution < 1.29 is 19.1 Å². The standard InChI is InChI=1S/C20H26Cl2O4/c1-12(2)16-7-4-13(3)8-18(16)26-20(24)11-25-19(23)9-14-5-6-15(21)10-17(14)22/h5-6,10,12-13,16,18H,4,7-9,11H2,1-3H3/t13-,16-,18-/m1/s1. The minimum Gasteiger partial charge on any atom is -0.460 e. The normalized spacial score (nSPS) is 22.9. The molecule has 0 saturated heterocycles. The highest BCUT2D eigenvalue weighted by Gasteiger charge is 2.33. The molecule has 26 heavy (non-hydrogen) atoms. The fourth-order valence-electron chi connectivity index (χ4n) is 3.46. The number of halogens is 2. The molecule has 4 nitrogen and oxygen atoms in total. The molecule has 0 amide bonds. The van der Waals surface area contributed by atoms with Crippen LogP contribution in [0.2, 0.25) is 10.0 Å². The Hall–Kier alpha value is -1.26. The van der Waals surface area contributed by atoms with Gasteiger partial charge in [-0.3, -0.25) is 4.79 Å². The van der Waals surface area contributed by atoms with Crippen LogP contribution in [0.25, 0.3) is 0 Å². The highest BCUT2D eigenvalue weighted by molar-refractivity contribution is 6.35. The molecule has 1 aliphatic carbocycles. The van der Waals surface area contributed by atoms with Crippen LogP contribution in [-0.4, -0.2) is 24.6 Å². The lowest BCUT2D eigenvalue weighted by Crippen LogP contribution is -2.36. The van der Waals surface area contributed by atoms with Crippen molar-refractivity contribution >= 4 is 35.1 Å². The van der Waals surface area contributed by atoms with E-state index in [2.05, 4.69) is 20.8 Å². The second-order valence-electron chi connectivity index (χ2n) is 7.43. The topological polar surface area (TPSA) is 52.6 Å². The van der Waals surface area contributed by atoms with E-state index in [1.54, 1.807) is 18.2 Å². The molecular formula is C20H26Cl2O4. The summed E-state index contributed by atoms with van der Waals surface area (Å²) in [6.07, 6.45) is 2.97. The quantitative estimate of drug-likeness (QED) is 0.624. The number of ether oxygens (including phenoxy) is 2. The van der Waals surface area contributed by atoms with Gasteiger partial charge in [0.2, 0.25) is 0 Å². The lowest BCUT2D eigenvalue weighted by atomic mass is 9.75. The summed E-state index contributed by atoms with van der Waals surface area (Å²) >= 11 is 11.9. The Balaban J connectivity index is 1.82. The molecule has 1 aromatic carbocycles. The van der Waals surface area contributed by atoms with Gasteiger partial charge in [-0.05, 0) is 48.3 Å². The van der Waals surface area contributed by atoms with Crippen molar-refractivity contribution in [3.63, 3.8) is 0 Å². The molecule has 0 aliphatic heterocycles. The predicted octanol–water partition coefficient (Wildman–Crippen LogP) is 5.08. The van der Waals surface area contributed by atoms with Crippen molar-refractivity contribution in [1.82, 2.24) is 0 Å². The smallest absolute Gasteiger partial charge is 0.344 e. The zero-order valence-corrected chi connectivity index (χ0v) is 17.0. The van der Waals surface area contributed by atoms with Crippen molar-refractivity contribution in [1.29, 1.82) is 0 Å². The van der Waals surface area contributed by atoms with Gasteiger partial charge < -0.3 is 9.47 Å². The molecule has 2 rings (SSSR count). The highest BCUT2D eigenvalue weighted by atomic mass is 35.5. The summed E-state index contributed by atoms with van der Waals surface area (Å²) in [5.41, 5.74) is 0.607. The molecule has 0 bridgehead atoms. The van der Waals surface area contributed by atoms with Crippen LogP contribution in [0.4, 0.5) is 0 Å². The Morgan fingerprint density at radius 2 is 1.92 bits per heavy atom. The predicted molar refractivity (Wildman–Crippen MR) is 102 cm³/mol. The van der Waals surface area contributed by atoms with E-state index in [1.165, 1.54) is 0 Å². The fourth-order valence-corrected chi connectivity index (χ4v) is 3.94. The van der Waals surface area contributed by atoms with E-state index in [-0.39, 0.29) is 19.1 Å². The van der Waals surface area contributed by atoms with Gasteiger partial charge in [0.15, 0.2) is 6.61 Å². The van der Waals surface area contributed by atoms with Crippen molar-refractivity contribution in [2.24, 2.45) is 17.8 Å². The molecule has 0 unspecified atom stereocenters. The summed E-state index contributed by atoms with van der Waals surface area (Å²) in [6, 6.07) is 4.89. The van der Waals surface area contributed by atoms with Crippen molar-refractivity contribution in [3.05, 3.63) is 33.8 Å². The van der Waals surface area contributed by atoms with Crippen LogP contribution in [0, 0.1) is 17.8 Å². The van der Waals surface area contributed by atoms with Gasteiger partial charge in [-0.1, -0.05) is 56.5 Å². The maximum atomic E-state index is 12.1. The first kappa shape index (κ1) is 21.0. The lowest BCUT2D eigenvalue weighted by Gasteiger charge is -2.36. The Morgan fingerprint density at radius 3 is 2.58 bits per heavy atom. The molecule has 0 spiro atoms. The Morgan fingerprint density at radius 1 is 1.19 bits per heavy atom. The largest absolute Gasteiger partial charge is 0.460 e. The van der Waals surface area contributed by atoms with E-state index in [9.17, 15) is 9.59 Å². The molecule has 0 N–H and O–H groups in total. The number of carbonyl (C=O) groups is 2. The molecule has 0 aromatic heterocycles. The molecule has 1 aromatic rings. The maximum Gasteiger partial charge on any atom is 0.344 e. The van der Waals surface area contributed by atoms with Crippen LogP contribution >= 0.6 is 23.2 Å². The number of carbonyl (C=O) groups excluding carboxylic acids is 2. The number of esters is 2. The maximum absolute atomic E-state index is 12.1. The third kappa shape index (κ3) is 6.17. The van der Waals surface area contributed by atoms with Crippen LogP contribution in [0.5, 0.6) is 0 Å². The Labute approximate surface area is 165 Å². The third-order valence-corrected chi connectivity index (χ3v) is 5.53. The Bertz CT molecular complexity index is 645. The number of hydrogen-bond acceptors (Lipinski definition) is 4. The minimum atomic E-state index is -0.524. The summed E-state index contributed by atoms with van der Waals surface area (Å²) in [7, 11) is 0. The van der Waals surface area contributed by atoms with E-state index in [4.69, 9.17) is 32.7 Å². The van der Waals surface area contributed by atoms with E-state index in [0.29, 0.717) is 33.4 Å². The van der Waals surface area contributed by atoms with Gasteiger partial charge in [0.1, 0.15) is 6.10 Å². The highest BCUT2D eigenvalue weighted by Crippen LogP contribution is 2.35. The van der Waals surface area contributed by atoms with E-state index in [0.717, 1.165) is 19.3 Å². The molecule has 6 heteroatoms. The van der Waals surface area contributed by atoms with Crippen molar-refractivity contribution in [3.8, 4) is 0 Å². The monoisotopic (exact) mass is 400 g/mol. The molecule has 3 atom stereocenters. The van der Waals surface area contributed by atoms with Crippen LogP contribution in [0.15, 0.2) is 18.2 Å². The van der Waals surface area contributed by atoms with Gasteiger partial charge in [-0.15, -0.1) is 0 Å². The van der Waals surface area contributed by atoms with Crippen molar-refractivity contribution in [2.45, 2.75) is 52.6 Å². The second kappa shape index (κ2) is 9.61. The SMILES string of the molecule is CC(C)[C@H]1CC[C@@H](C)C[C@H]1OC(=O)COC(=O)Cc1ccc(Cl)cc1Cl. The van der Waals surface area contributed by atoms with Crippen LogP contribution in [0.3, 0.4) is 0 Å². The molecule has 144 valence electrons.